The van der Waals surface area contributed by atoms with E-state index >= 15 is 0 Å². The molecule has 0 aliphatic heterocycles. The molecule has 0 radical (unpaired) electrons. The largest absolute Gasteiger partial charge is 0.454 e. The van der Waals surface area contributed by atoms with Crippen LogP contribution in [-0.4, -0.2) is 12.6 Å². The first kappa shape index (κ1) is 42.7. The molecule has 8 heteroatoms. The maximum Gasteiger partial charge on any atom is 0.187 e. The maximum atomic E-state index is 9.81. The molecule has 0 bridgehead atoms. The minimum Gasteiger partial charge on any atom is -0.454 e. The van der Waals surface area contributed by atoms with E-state index in [-0.39, 0.29) is 0 Å². The number of hydrogen-bond acceptors (Lipinski definition) is 5. The van der Waals surface area contributed by atoms with Crippen molar-refractivity contribution in [2.75, 3.05) is 9.80 Å². The van der Waals surface area contributed by atoms with Crippen LogP contribution in [0.25, 0.3) is 87.0 Å². The normalized spacial score (nSPS) is 11.9. The summed E-state index contributed by atoms with van der Waals surface area (Å²) >= 11 is 0. The molecule has 0 N–H and O–H groups in total. The topological polar surface area (TPSA) is 65.8 Å². The van der Waals surface area contributed by atoms with Gasteiger partial charge in [0.15, 0.2) is 16.9 Å². The van der Waals surface area contributed by atoms with E-state index in [0.717, 1.165) is 122 Å². The van der Waals surface area contributed by atoms with Gasteiger partial charge in [0.25, 0.3) is 0 Å². The SMILES string of the molecule is [C-]#[N+]c1ccc(N(c2ccc3cc4c5ccc(N(c6ccc(C#N)cc6)c6cccc7c6oc6c(C)cccc67)cc5n(-c5ccccc5)c4cc3c2)c2cccc3c2oc2c([Si](C)(C)C)cccc23)cc1. The van der Waals surface area contributed by atoms with E-state index in [9.17, 15) is 5.26 Å². The van der Waals surface area contributed by atoms with Crippen molar-refractivity contribution in [3.05, 3.63) is 223 Å². The number of hydrogen-bond donors (Lipinski definition) is 0. The fraction of sp³-hybridized carbons (Fsp3) is 0.0625. The molecule has 13 aromatic rings. The van der Waals surface area contributed by atoms with Crippen molar-refractivity contribution < 1.29 is 8.83 Å². The van der Waals surface area contributed by atoms with Gasteiger partial charge in [0.1, 0.15) is 11.2 Å². The number of nitriles is 1. The summed E-state index contributed by atoms with van der Waals surface area (Å²) in [6.45, 7) is 16.9. The Labute approximate surface area is 417 Å². The van der Waals surface area contributed by atoms with Crippen molar-refractivity contribution >= 4 is 130 Å². The molecule has 0 amide bonds. The van der Waals surface area contributed by atoms with Gasteiger partial charge in [0.2, 0.25) is 0 Å². The average Bonchev–Trinajstić information content (AvgIpc) is 4.09. The van der Waals surface area contributed by atoms with E-state index in [0.29, 0.717) is 11.3 Å². The highest BCUT2D eigenvalue weighted by molar-refractivity contribution is 6.90. The summed E-state index contributed by atoms with van der Waals surface area (Å²) < 4.78 is 16.2. The molecule has 3 heterocycles. The van der Waals surface area contributed by atoms with Gasteiger partial charge in [-0.05, 0) is 126 Å². The third kappa shape index (κ3) is 6.76. The molecule has 0 aliphatic rings. The van der Waals surface area contributed by atoms with Gasteiger partial charge in [-0.3, -0.25) is 0 Å². The Bertz CT molecular complexity index is 4410. The van der Waals surface area contributed by atoms with E-state index in [1.165, 1.54) is 5.19 Å². The molecular weight excluding hydrogens is 899 g/mol. The minimum absolute atomic E-state index is 0.583. The Balaban J connectivity index is 1.03. The number of benzene rings is 10. The second kappa shape index (κ2) is 16.4. The molecule has 10 aromatic carbocycles. The molecule has 13 rings (SSSR count). The zero-order valence-corrected chi connectivity index (χ0v) is 41.1. The van der Waals surface area contributed by atoms with Gasteiger partial charge >= 0.3 is 0 Å². The standard InChI is InChI=1S/C64H45N5O2Si/c1-40-13-9-16-51-52-17-10-20-56(62(52)70-61(40)51)68(46-28-23-41(39-65)24-29-46)49-33-34-50-55-36-42-25-30-48(35-43(42)37-58(55)69(59(50)38-49)45-14-7-6-8-15-45)67(47-31-26-44(66-2)27-32-47)57-21-11-18-53-54-19-12-22-60(72(3,4)5)64(54)71-63(53)57/h6-38H,1,3-5H3. The predicted octanol–water partition coefficient (Wildman–Crippen LogP) is 18.0. The number of para-hydroxylation sites is 5. The summed E-state index contributed by atoms with van der Waals surface area (Å²) in [6, 6.07) is 72.1. The lowest BCUT2D eigenvalue weighted by Gasteiger charge is -2.26. The number of aryl methyl sites for hydroxylation is 1. The van der Waals surface area contributed by atoms with E-state index in [4.69, 9.17) is 15.4 Å². The van der Waals surface area contributed by atoms with Gasteiger partial charge in [-0.1, -0.05) is 123 Å². The maximum absolute atomic E-state index is 9.81. The third-order valence-electron chi connectivity index (χ3n) is 14.2. The smallest absolute Gasteiger partial charge is 0.187 e. The van der Waals surface area contributed by atoms with Crippen LogP contribution in [-0.2, 0) is 0 Å². The highest BCUT2D eigenvalue weighted by Crippen LogP contribution is 2.47. The quantitative estimate of drug-likeness (QED) is 0.112. The van der Waals surface area contributed by atoms with E-state index in [2.05, 4.69) is 204 Å². The van der Waals surface area contributed by atoms with Crippen LogP contribution in [0.4, 0.5) is 39.8 Å². The van der Waals surface area contributed by atoms with Gasteiger partial charge in [-0.25, -0.2) is 4.85 Å². The highest BCUT2D eigenvalue weighted by atomic mass is 28.3. The molecule has 0 saturated heterocycles. The number of fused-ring (bicyclic) bond motifs is 10. The van der Waals surface area contributed by atoms with Crippen LogP contribution in [0.2, 0.25) is 19.6 Å². The van der Waals surface area contributed by atoms with Gasteiger partial charge in [0, 0.05) is 60.8 Å². The van der Waals surface area contributed by atoms with Crippen LogP contribution in [0.5, 0.6) is 0 Å². The summed E-state index contributed by atoms with van der Waals surface area (Å²) in [5.74, 6) is 0. The molecular formula is C64H45N5O2Si. The number of furan rings is 2. The number of nitrogens with zero attached hydrogens (tertiary/aromatic N) is 5. The lowest BCUT2D eigenvalue weighted by molar-refractivity contribution is 0.666. The molecule has 0 aliphatic carbocycles. The summed E-state index contributed by atoms with van der Waals surface area (Å²) in [5, 5.41) is 19.9. The van der Waals surface area contributed by atoms with E-state index in [1.54, 1.807) is 0 Å². The van der Waals surface area contributed by atoms with E-state index in [1.807, 2.05) is 48.5 Å². The van der Waals surface area contributed by atoms with Gasteiger partial charge in [-0.15, -0.1) is 0 Å². The molecule has 72 heavy (non-hydrogen) atoms. The number of aromatic nitrogens is 1. The Hall–Kier alpha value is -9.34. The van der Waals surface area contributed by atoms with Crippen LogP contribution in [0.1, 0.15) is 11.1 Å². The zero-order valence-electron chi connectivity index (χ0n) is 40.1. The molecule has 0 atom stereocenters. The fourth-order valence-electron chi connectivity index (χ4n) is 10.8. The Morgan fingerprint density at radius 1 is 0.486 bits per heavy atom. The first-order valence-corrected chi connectivity index (χ1v) is 27.7. The Morgan fingerprint density at radius 2 is 1.04 bits per heavy atom. The summed E-state index contributed by atoms with van der Waals surface area (Å²) in [4.78, 5) is 8.22. The first-order chi connectivity index (χ1) is 35.1. The first-order valence-electron chi connectivity index (χ1n) is 24.2. The lowest BCUT2D eigenvalue weighted by Crippen LogP contribution is -2.37. The second-order valence-electron chi connectivity index (χ2n) is 19.6. The monoisotopic (exact) mass is 943 g/mol. The van der Waals surface area contributed by atoms with Gasteiger partial charge in [0.05, 0.1) is 48.7 Å². The molecule has 7 nitrogen and oxygen atoms in total. The number of anilines is 6. The molecule has 0 saturated carbocycles. The molecule has 0 spiro atoms. The lowest BCUT2D eigenvalue weighted by atomic mass is 10.0. The molecule has 0 unspecified atom stereocenters. The van der Waals surface area contributed by atoms with Crippen LogP contribution in [0.3, 0.4) is 0 Å². The van der Waals surface area contributed by atoms with Crippen molar-refractivity contribution in [2.24, 2.45) is 0 Å². The molecule has 3 aromatic heterocycles. The van der Waals surface area contributed by atoms with Crippen molar-refractivity contribution in [1.29, 1.82) is 5.26 Å². The minimum atomic E-state index is -1.75. The Kier molecular flexibility index (Phi) is 9.73. The van der Waals surface area contributed by atoms with Crippen molar-refractivity contribution in [3.8, 4) is 11.8 Å². The molecule has 0 fully saturated rings. The van der Waals surface area contributed by atoms with Crippen molar-refractivity contribution in [2.45, 2.75) is 26.6 Å². The van der Waals surface area contributed by atoms with Crippen LogP contribution >= 0.6 is 0 Å². The van der Waals surface area contributed by atoms with Crippen LogP contribution in [0, 0.1) is 24.8 Å². The van der Waals surface area contributed by atoms with Crippen molar-refractivity contribution in [1.82, 2.24) is 4.57 Å². The molecule has 342 valence electrons. The van der Waals surface area contributed by atoms with Crippen molar-refractivity contribution in [3.63, 3.8) is 0 Å². The summed E-state index contributed by atoms with van der Waals surface area (Å²) in [5.41, 5.74) is 14.4. The van der Waals surface area contributed by atoms with Crippen LogP contribution in [0.15, 0.2) is 209 Å². The fourth-order valence-corrected chi connectivity index (χ4v) is 12.2. The van der Waals surface area contributed by atoms with Crippen LogP contribution < -0.4 is 15.0 Å². The van der Waals surface area contributed by atoms with Gasteiger partial charge in [-0.2, -0.15) is 5.26 Å². The van der Waals surface area contributed by atoms with Gasteiger partial charge < -0.3 is 23.2 Å². The van der Waals surface area contributed by atoms with E-state index < -0.39 is 8.07 Å². The zero-order chi connectivity index (χ0) is 48.8. The predicted molar refractivity (Wildman–Crippen MR) is 301 cm³/mol. The Morgan fingerprint density at radius 3 is 1.69 bits per heavy atom. The third-order valence-corrected chi connectivity index (χ3v) is 16.2. The summed E-state index contributed by atoms with van der Waals surface area (Å²) in [7, 11) is -1.75. The average molecular weight is 944 g/mol. The highest BCUT2D eigenvalue weighted by Gasteiger charge is 2.26. The number of rotatable bonds is 8. The second-order valence-corrected chi connectivity index (χ2v) is 24.7. The summed E-state index contributed by atoms with van der Waals surface area (Å²) in [6.07, 6.45) is 0.